The predicted octanol–water partition coefficient (Wildman–Crippen LogP) is 3.52. The van der Waals surface area contributed by atoms with Gasteiger partial charge in [0.05, 0.1) is 36.1 Å². The number of hydrogen-bond acceptors (Lipinski definition) is 5. The van der Waals surface area contributed by atoms with Crippen molar-refractivity contribution >= 4 is 22.5 Å². The first-order valence-electron chi connectivity index (χ1n) is 12.2. The third-order valence-corrected chi connectivity index (χ3v) is 6.31. The van der Waals surface area contributed by atoms with E-state index in [0.717, 1.165) is 28.6 Å². The molecule has 39 heavy (non-hydrogen) atoms. The van der Waals surface area contributed by atoms with Crippen molar-refractivity contribution < 1.29 is 18.7 Å². The number of rotatable bonds is 9. The van der Waals surface area contributed by atoms with Crippen molar-refractivity contribution in [1.29, 1.82) is 0 Å². The molecule has 3 N–H and O–H groups in total. The quantitative estimate of drug-likeness (QED) is 0.269. The second-order valence-electron chi connectivity index (χ2n) is 9.27. The molecule has 3 aromatic heterocycles. The monoisotopic (exact) mass is 532 g/mol. The van der Waals surface area contributed by atoms with Gasteiger partial charge in [-0.05, 0) is 54.6 Å². The van der Waals surface area contributed by atoms with Crippen molar-refractivity contribution in [1.82, 2.24) is 24.2 Å². The van der Waals surface area contributed by atoms with Gasteiger partial charge in [-0.1, -0.05) is 12.1 Å². The third kappa shape index (κ3) is 5.79. The van der Waals surface area contributed by atoms with Crippen LogP contribution in [-0.2, 0) is 13.1 Å². The van der Waals surface area contributed by atoms with Crippen LogP contribution >= 0.6 is 0 Å². The van der Waals surface area contributed by atoms with Crippen LogP contribution in [-0.4, -0.2) is 55.4 Å². The molecule has 0 aliphatic heterocycles. The van der Waals surface area contributed by atoms with E-state index in [1.54, 1.807) is 17.0 Å². The standard InChI is InChI=1S/C28H26F2N6O3/c1-34(8-9-37)15-18-3-5-25-20(10-18)6-7-36(25)26-12-21(13-31-28(26)39)27(38)33-22-14-32-35(17-22)16-19-2-4-23(29)24(30)11-19/h2-7,10-14,17,37H,8-9,15-16H2,1H3,(H,31,39)(H,33,38). The van der Waals surface area contributed by atoms with E-state index in [0.29, 0.717) is 24.3 Å². The number of benzene rings is 2. The number of aliphatic hydroxyl groups excluding tert-OH is 1. The summed E-state index contributed by atoms with van der Waals surface area (Å²) in [5.41, 5.74) is 2.98. The number of carbonyl (C=O) groups excluding carboxylic acids is 1. The van der Waals surface area contributed by atoms with Crippen molar-refractivity contribution in [2.75, 3.05) is 25.5 Å². The van der Waals surface area contributed by atoms with Crippen LogP contribution in [0.2, 0.25) is 0 Å². The normalized spacial score (nSPS) is 11.4. The van der Waals surface area contributed by atoms with Crippen molar-refractivity contribution in [3.63, 3.8) is 0 Å². The SMILES string of the molecule is CN(CCO)Cc1ccc2c(ccn2-c2cc(C(=O)Nc3cnn(Cc4ccc(F)c(F)c4)c3)c[nH]c2=O)c1. The average Bonchev–Trinajstić information content (AvgIpc) is 3.53. The van der Waals surface area contributed by atoms with Gasteiger partial charge >= 0.3 is 0 Å². The van der Waals surface area contributed by atoms with E-state index in [4.69, 9.17) is 5.11 Å². The van der Waals surface area contributed by atoms with Gasteiger partial charge in [0.25, 0.3) is 11.5 Å². The lowest BCUT2D eigenvalue weighted by Gasteiger charge is -2.15. The molecule has 0 aliphatic carbocycles. The Labute approximate surface area is 221 Å². The van der Waals surface area contributed by atoms with Crippen LogP contribution in [0, 0.1) is 11.6 Å². The Kier molecular flexibility index (Phi) is 7.35. The molecule has 200 valence electrons. The molecule has 11 heteroatoms. The molecule has 0 aliphatic rings. The molecule has 0 fully saturated rings. The van der Waals surface area contributed by atoms with E-state index in [1.807, 2.05) is 36.2 Å². The van der Waals surface area contributed by atoms with Crippen molar-refractivity contribution in [3.8, 4) is 5.69 Å². The zero-order valence-corrected chi connectivity index (χ0v) is 21.1. The van der Waals surface area contributed by atoms with Crippen LogP contribution < -0.4 is 10.9 Å². The van der Waals surface area contributed by atoms with Crippen LogP contribution in [0.1, 0.15) is 21.5 Å². The number of aliphatic hydroxyl groups is 1. The summed E-state index contributed by atoms with van der Waals surface area (Å²) >= 11 is 0. The van der Waals surface area contributed by atoms with E-state index in [-0.39, 0.29) is 30.0 Å². The minimum Gasteiger partial charge on any atom is -0.395 e. The molecule has 1 amide bonds. The second kappa shape index (κ2) is 11.0. The third-order valence-electron chi connectivity index (χ3n) is 6.31. The number of fused-ring (bicyclic) bond motifs is 1. The summed E-state index contributed by atoms with van der Waals surface area (Å²) in [5, 5.41) is 17.0. The highest BCUT2D eigenvalue weighted by atomic mass is 19.2. The second-order valence-corrected chi connectivity index (χ2v) is 9.27. The van der Waals surface area contributed by atoms with E-state index >= 15 is 0 Å². The highest BCUT2D eigenvalue weighted by molar-refractivity contribution is 6.04. The van der Waals surface area contributed by atoms with Crippen molar-refractivity contribution in [3.05, 3.63) is 112 Å². The number of amides is 1. The van der Waals surface area contributed by atoms with Crippen LogP contribution in [0.4, 0.5) is 14.5 Å². The molecule has 3 heterocycles. The number of hydrogen-bond donors (Lipinski definition) is 3. The van der Waals surface area contributed by atoms with Crippen molar-refractivity contribution in [2.24, 2.45) is 0 Å². The molecule has 0 radical (unpaired) electrons. The van der Waals surface area contributed by atoms with Gasteiger partial charge in [0.2, 0.25) is 0 Å². The van der Waals surface area contributed by atoms with E-state index < -0.39 is 17.5 Å². The first-order valence-corrected chi connectivity index (χ1v) is 12.2. The molecule has 9 nitrogen and oxygen atoms in total. The van der Waals surface area contributed by atoms with Crippen LogP contribution in [0.5, 0.6) is 0 Å². The number of aromatic amines is 1. The molecule has 2 aromatic carbocycles. The summed E-state index contributed by atoms with van der Waals surface area (Å²) in [7, 11) is 1.93. The summed E-state index contributed by atoms with van der Waals surface area (Å²) in [4.78, 5) is 30.3. The van der Waals surface area contributed by atoms with E-state index in [2.05, 4.69) is 15.4 Å². The maximum atomic E-state index is 13.5. The Morgan fingerprint density at radius 1 is 1.10 bits per heavy atom. The minimum absolute atomic E-state index is 0.0847. The number of halogens is 2. The number of anilines is 1. The molecular formula is C28H26F2N6O3. The maximum absolute atomic E-state index is 13.5. The molecule has 0 saturated carbocycles. The lowest BCUT2D eigenvalue weighted by atomic mass is 10.1. The molecule has 5 aromatic rings. The molecule has 0 spiro atoms. The van der Waals surface area contributed by atoms with Gasteiger partial charge in [0.1, 0.15) is 5.69 Å². The van der Waals surface area contributed by atoms with Gasteiger partial charge in [-0.15, -0.1) is 0 Å². The first-order chi connectivity index (χ1) is 18.8. The van der Waals surface area contributed by atoms with Gasteiger partial charge in [0, 0.05) is 37.1 Å². The Bertz CT molecular complexity index is 1710. The smallest absolute Gasteiger partial charge is 0.272 e. The zero-order valence-electron chi connectivity index (χ0n) is 21.1. The Balaban J connectivity index is 1.33. The first kappa shape index (κ1) is 26.0. The van der Waals surface area contributed by atoms with E-state index in [1.165, 1.54) is 29.2 Å². The predicted molar refractivity (Wildman–Crippen MR) is 143 cm³/mol. The highest BCUT2D eigenvalue weighted by Gasteiger charge is 2.14. The zero-order chi connectivity index (χ0) is 27.5. The summed E-state index contributed by atoms with van der Waals surface area (Å²) in [6, 6.07) is 12.9. The fraction of sp³-hybridized carbons (Fsp3) is 0.179. The summed E-state index contributed by atoms with van der Waals surface area (Å²) < 4.78 is 29.9. The fourth-order valence-electron chi connectivity index (χ4n) is 4.39. The summed E-state index contributed by atoms with van der Waals surface area (Å²) in [6.07, 6.45) is 6.13. The Hall–Kier alpha value is -4.61. The van der Waals surface area contributed by atoms with Crippen molar-refractivity contribution in [2.45, 2.75) is 13.1 Å². The topological polar surface area (TPSA) is 108 Å². The molecule has 0 atom stereocenters. The van der Waals surface area contributed by atoms with Crippen LogP contribution in [0.25, 0.3) is 16.6 Å². The largest absolute Gasteiger partial charge is 0.395 e. The number of likely N-dealkylation sites (N-methyl/N-ethyl adjacent to an activating group) is 1. The van der Waals surface area contributed by atoms with Crippen LogP contribution in [0.3, 0.4) is 0 Å². The van der Waals surface area contributed by atoms with Crippen LogP contribution in [0.15, 0.2) is 78.1 Å². The van der Waals surface area contributed by atoms with Gasteiger partial charge in [-0.2, -0.15) is 5.10 Å². The lowest BCUT2D eigenvalue weighted by molar-refractivity contribution is 0.102. The fourth-order valence-corrected chi connectivity index (χ4v) is 4.39. The average molecular weight is 533 g/mol. The molecule has 0 unspecified atom stereocenters. The number of H-pyrrole nitrogens is 1. The van der Waals surface area contributed by atoms with Gasteiger partial charge in [0.15, 0.2) is 11.6 Å². The number of nitrogens with one attached hydrogen (secondary N) is 2. The molecule has 0 bridgehead atoms. The van der Waals surface area contributed by atoms with Gasteiger partial charge < -0.3 is 20.0 Å². The lowest BCUT2D eigenvalue weighted by Crippen LogP contribution is -2.21. The summed E-state index contributed by atoms with van der Waals surface area (Å²) in [5.74, 6) is -2.32. The van der Waals surface area contributed by atoms with Gasteiger partial charge in [-0.3, -0.25) is 19.2 Å². The number of carbonyl (C=O) groups is 1. The Morgan fingerprint density at radius 2 is 1.92 bits per heavy atom. The summed E-state index contributed by atoms with van der Waals surface area (Å²) in [6.45, 7) is 1.52. The highest BCUT2D eigenvalue weighted by Crippen LogP contribution is 2.22. The number of pyridine rings is 1. The molecular weight excluding hydrogens is 506 g/mol. The Morgan fingerprint density at radius 3 is 2.72 bits per heavy atom. The van der Waals surface area contributed by atoms with E-state index in [9.17, 15) is 18.4 Å². The molecule has 5 rings (SSSR count). The number of nitrogens with zero attached hydrogens (tertiary/aromatic N) is 4. The van der Waals surface area contributed by atoms with Gasteiger partial charge in [-0.25, -0.2) is 8.78 Å². The maximum Gasteiger partial charge on any atom is 0.272 e. The molecule has 0 saturated heterocycles. The minimum atomic E-state index is -0.941. The number of aromatic nitrogens is 4.